The van der Waals surface area contributed by atoms with Crippen LogP contribution in [0.5, 0.6) is 0 Å². The molecule has 0 radical (unpaired) electrons. The van der Waals surface area contributed by atoms with Crippen molar-refractivity contribution < 1.29 is 4.57 Å². The van der Waals surface area contributed by atoms with E-state index in [1.165, 1.54) is 21.6 Å². The Kier molecular flexibility index (Phi) is 2.90. The second-order valence-electron chi connectivity index (χ2n) is 5.27. The van der Waals surface area contributed by atoms with E-state index in [1.807, 2.05) is 0 Å². The molecular weight excluding hydrogens is 231 g/mol. The summed E-state index contributed by atoms with van der Waals surface area (Å²) in [6, 6.07) is 12.9. The van der Waals surface area contributed by atoms with Crippen molar-refractivity contribution in [2.45, 2.75) is 6.92 Å². The fourth-order valence-corrected chi connectivity index (χ4v) is 2.65. The molecule has 0 fully saturated rings. The molecule has 1 aromatic heterocycles. The largest absolute Gasteiger partial charge is 0.411 e. The fourth-order valence-electron chi connectivity index (χ4n) is 2.65. The number of aromatic nitrogens is 1. The average molecular weight is 249 g/mol. The molecule has 0 saturated carbocycles. The van der Waals surface area contributed by atoms with Gasteiger partial charge < -0.3 is 4.81 Å². The normalized spacial score (nSPS) is 13.6. The molecule has 0 amide bonds. The molecule has 2 heterocycles. The van der Waals surface area contributed by atoms with Crippen LogP contribution in [0, 0.1) is 6.92 Å². The summed E-state index contributed by atoms with van der Waals surface area (Å²) in [7, 11) is 4.25. The molecule has 94 valence electrons. The number of pyridine rings is 1. The Hall–Kier alpha value is -2.03. The molecule has 1 aliphatic heterocycles. The molecule has 19 heavy (non-hydrogen) atoms. The van der Waals surface area contributed by atoms with E-state index in [4.69, 9.17) is 0 Å². The first kappa shape index (κ1) is 12.0. The highest BCUT2D eigenvalue weighted by Crippen LogP contribution is 1.99. The van der Waals surface area contributed by atoms with Gasteiger partial charge in [-0.15, -0.1) is 0 Å². The summed E-state index contributed by atoms with van der Waals surface area (Å²) < 4.78 is 2.20. The van der Waals surface area contributed by atoms with E-state index in [2.05, 4.69) is 85.2 Å². The molecule has 3 heteroatoms. The molecule has 0 saturated heterocycles. The van der Waals surface area contributed by atoms with Crippen LogP contribution >= 0.6 is 0 Å². The summed E-state index contributed by atoms with van der Waals surface area (Å²) in [6.07, 6.45) is 4.36. The van der Waals surface area contributed by atoms with E-state index >= 15 is 0 Å². The van der Waals surface area contributed by atoms with E-state index < -0.39 is 0 Å². The lowest BCUT2D eigenvalue weighted by Crippen LogP contribution is -2.60. The molecule has 2 nitrogen and oxygen atoms in total. The van der Waals surface area contributed by atoms with Gasteiger partial charge in [0.1, 0.15) is 7.05 Å². The van der Waals surface area contributed by atoms with Crippen molar-refractivity contribution in [2.75, 3.05) is 7.05 Å². The van der Waals surface area contributed by atoms with Crippen molar-refractivity contribution in [3.8, 4) is 0 Å². The third-order valence-corrected chi connectivity index (χ3v) is 3.76. The van der Waals surface area contributed by atoms with E-state index in [1.54, 1.807) is 0 Å². The van der Waals surface area contributed by atoms with Crippen LogP contribution in [0.4, 0.5) is 0 Å². The molecule has 2 aromatic rings. The highest BCUT2D eigenvalue weighted by Gasteiger charge is 2.28. The minimum Gasteiger partial charge on any atom is -0.411 e. The number of hydrogen-bond acceptors (Lipinski definition) is 1. The van der Waals surface area contributed by atoms with Gasteiger partial charge >= 0.3 is 6.85 Å². The number of aryl methyl sites for hydroxylation is 2. The van der Waals surface area contributed by atoms with Gasteiger partial charge in [-0.2, -0.15) is 0 Å². The Labute approximate surface area is 114 Å². The van der Waals surface area contributed by atoms with Crippen molar-refractivity contribution in [2.24, 2.45) is 7.05 Å². The molecule has 0 bridgehead atoms. The van der Waals surface area contributed by atoms with Crippen LogP contribution < -0.4 is 20.6 Å². The van der Waals surface area contributed by atoms with Crippen LogP contribution in [0.15, 0.2) is 42.6 Å². The second-order valence-corrected chi connectivity index (χ2v) is 5.27. The molecule has 1 aromatic carbocycles. The second kappa shape index (κ2) is 4.58. The first-order chi connectivity index (χ1) is 9.15. The highest BCUT2D eigenvalue weighted by molar-refractivity contribution is 6.82. The predicted octanol–water partition coefficient (Wildman–Crippen LogP) is -0.279. The molecular formula is C16H18BN2+. The fraction of sp³-hybridized carbons (Fsp3) is 0.188. The van der Waals surface area contributed by atoms with Gasteiger partial charge in [-0.05, 0) is 36.2 Å². The van der Waals surface area contributed by atoms with Crippen molar-refractivity contribution in [1.82, 2.24) is 4.81 Å². The Morgan fingerprint density at radius 1 is 1.11 bits per heavy atom. The van der Waals surface area contributed by atoms with Gasteiger partial charge in [0.05, 0.1) is 0 Å². The van der Waals surface area contributed by atoms with E-state index in [0.717, 1.165) is 0 Å². The van der Waals surface area contributed by atoms with Crippen LogP contribution in [-0.4, -0.2) is 18.7 Å². The van der Waals surface area contributed by atoms with Gasteiger partial charge in [-0.1, -0.05) is 30.2 Å². The first-order valence-corrected chi connectivity index (χ1v) is 6.62. The lowest BCUT2D eigenvalue weighted by Gasteiger charge is -2.22. The first-order valence-electron chi connectivity index (χ1n) is 6.62. The van der Waals surface area contributed by atoms with Crippen LogP contribution in [0.3, 0.4) is 0 Å². The van der Waals surface area contributed by atoms with Crippen LogP contribution in [0.1, 0.15) is 5.56 Å². The number of rotatable bonds is 1. The highest BCUT2D eigenvalue weighted by atomic mass is 15.0. The van der Waals surface area contributed by atoms with E-state index in [-0.39, 0.29) is 0 Å². The van der Waals surface area contributed by atoms with Crippen molar-refractivity contribution in [3.63, 3.8) is 0 Å². The van der Waals surface area contributed by atoms with Gasteiger partial charge in [-0.3, -0.25) is 0 Å². The Morgan fingerprint density at radius 3 is 2.63 bits per heavy atom. The SMILES string of the molecule is Cc1cc[n+](C)c(B2C=c3ccccc3=CN2C)c1. The third-order valence-electron chi connectivity index (χ3n) is 3.76. The number of nitrogens with zero attached hydrogens (tertiary/aromatic N) is 2. The molecule has 1 aliphatic rings. The van der Waals surface area contributed by atoms with Gasteiger partial charge in [0, 0.05) is 12.1 Å². The molecule has 3 rings (SSSR count). The summed E-state index contributed by atoms with van der Waals surface area (Å²) in [5, 5.41) is 2.60. The zero-order valence-electron chi connectivity index (χ0n) is 11.7. The summed E-state index contributed by atoms with van der Waals surface area (Å²) in [5.41, 5.74) is 2.61. The Balaban J connectivity index is 2.17. The summed E-state index contributed by atoms with van der Waals surface area (Å²) in [6.45, 7) is 2.43. The lowest BCUT2D eigenvalue weighted by atomic mass is 9.55. The smallest absolute Gasteiger partial charge is 0.396 e. The zero-order valence-corrected chi connectivity index (χ0v) is 11.7. The Bertz CT molecular complexity index is 737. The molecule has 0 aliphatic carbocycles. The maximum atomic E-state index is 2.34. The van der Waals surface area contributed by atoms with Gasteiger partial charge in [0.15, 0.2) is 11.8 Å². The average Bonchev–Trinajstić information content (AvgIpc) is 2.41. The minimum absolute atomic E-state index is 0.291. The minimum atomic E-state index is 0.291. The van der Waals surface area contributed by atoms with Crippen LogP contribution in [0.25, 0.3) is 12.2 Å². The van der Waals surface area contributed by atoms with Crippen molar-refractivity contribution >= 4 is 24.6 Å². The maximum Gasteiger partial charge on any atom is 0.396 e. The predicted molar refractivity (Wildman–Crippen MR) is 80.1 cm³/mol. The van der Waals surface area contributed by atoms with Gasteiger partial charge in [0.25, 0.3) is 0 Å². The summed E-state index contributed by atoms with van der Waals surface area (Å²) in [5.74, 6) is 2.34. The Morgan fingerprint density at radius 2 is 1.84 bits per heavy atom. The third kappa shape index (κ3) is 2.16. The standard InChI is InChI=1S/C16H18BN2/c1-13-8-9-18(2)16(10-13)17-11-14-6-4-5-7-15(14)12-19(17)3/h4-12H,1-3H3/q+1. The number of benzene rings is 1. The van der Waals surface area contributed by atoms with Crippen LogP contribution in [-0.2, 0) is 7.05 Å². The number of fused-ring (bicyclic) bond motifs is 1. The van der Waals surface area contributed by atoms with Gasteiger partial charge in [-0.25, -0.2) is 4.57 Å². The van der Waals surface area contributed by atoms with Gasteiger partial charge in [0.2, 0.25) is 0 Å². The summed E-state index contributed by atoms with van der Waals surface area (Å²) in [4.78, 5) is 2.27. The lowest BCUT2D eigenvalue weighted by molar-refractivity contribution is -0.654. The van der Waals surface area contributed by atoms with Crippen molar-refractivity contribution in [3.05, 3.63) is 58.6 Å². The van der Waals surface area contributed by atoms with Crippen molar-refractivity contribution in [1.29, 1.82) is 0 Å². The summed E-state index contributed by atoms with van der Waals surface area (Å²) >= 11 is 0. The quantitative estimate of drug-likeness (QED) is 0.498. The molecule has 0 N–H and O–H groups in total. The number of hydrogen-bond donors (Lipinski definition) is 0. The molecule has 0 atom stereocenters. The van der Waals surface area contributed by atoms with E-state index in [9.17, 15) is 0 Å². The molecule has 0 spiro atoms. The zero-order chi connectivity index (χ0) is 13.4. The maximum absolute atomic E-state index is 2.34. The topological polar surface area (TPSA) is 7.12 Å². The monoisotopic (exact) mass is 249 g/mol. The van der Waals surface area contributed by atoms with E-state index in [0.29, 0.717) is 6.85 Å². The van der Waals surface area contributed by atoms with Crippen LogP contribution in [0.2, 0.25) is 0 Å². The molecule has 0 unspecified atom stereocenters.